The zero-order valence-corrected chi connectivity index (χ0v) is 11.5. The topological polar surface area (TPSA) is 44.9 Å². The van der Waals surface area contributed by atoms with Crippen molar-refractivity contribution in [2.45, 2.75) is 12.8 Å². The summed E-state index contributed by atoms with van der Waals surface area (Å²) in [5, 5.41) is 2.91. The van der Waals surface area contributed by atoms with E-state index in [1.807, 2.05) is 18.2 Å². The molecule has 2 N–H and O–H groups in total. The molecule has 19 heavy (non-hydrogen) atoms. The van der Waals surface area contributed by atoms with E-state index in [9.17, 15) is 4.79 Å². The van der Waals surface area contributed by atoms with Gasteiger partial charge in [0, 0.05) is 12.7 Å². The molecular formula is C15H16N2OS. The lowest BCUT2D eigenvalue weighted by molar-refractivity contribution is 0.0951. The van der Waals surface area contributed by atoms with Crippen LogP contribution in [0.1, 0.15) is 28.8 Å². The molecule has 2 rings (SSSR count). The SMILES string of the molecule is CC(CNC(=O)c1ccc[nH]c1=S)c1ccccc1. The molecule has 0 bridgehead atoms. The summed E-state index contributed by atoms with van der Waals surface area (Å²) in [7, 11) is 0. The van der Waals surface area contributed by atoms with Gasteiger partial charge < -0.3 is 10.3 Å². The molecule has 0 saturated carbocycles. The van der Waals surface area contributed by atoms with Gasteiger partial charge in [-0.05, 0) is 23.6 Å². The molecule has 1 amide bonds. The summed E-state index contributed by atoms with van der Waals surface area (Å²) < 4.78 is 0.465. The highest BCUT2D eigenvalue weighted by molar-refractivity contribution is 7.71. The summed E-state index contributed by atoms with van der Waals surface area (Å²) in [5.74, 6) is 0.135. The quantitative estimate of drug-likeness (QED) is 0.839. The van der Waals surface area contributed by atoms with Crippen LogP contribution in [0.5, 0.6) is 0 Å². The van der Waals surface area contributed by atoms with Crippen molar-refractivity contribution in [1.82, 2.24) is 10.3 Å². The van der Waals surface area contributed by atoms with Crippen LogP contribution in [0.3, 0.4) is 0 Å². The van der Waals surface area contributed by atoms with E-state index in [1.165, 1.54) is 5.56 Å². The zero-order chi connectivity index (χ0) is 13.7. The van der Waals surface area contributed by atoms with Crippen molar-refractivity contribution in [3.63, 3.8) is 0 Å². The number of amides is 1. The second-order valence-corrected chi connectivity index (χ2v) is 4.84. The van der Waals surface area contributed by atoms with E-state index in [1.54, 1.807) is 18.3 Å². The molecular weight excluding hydrogens is 256 g/mol. The standard InChI is InChI=1S/C15H16N2OS/c1-11(12-6-3-2-4-7-12)10-17-14(18)13-8-5-9-16-15(13)19/h2-9,11H,10H2,1H3,(H,16,19)(H,17,18). The number of carbonyl (C=O) groups excluding carboxylic acids is 1. The molecule has 1 heterocycles. The van der Waals surface area contributed by atoms with Gasteiger partial charge in [0.1, 0.15) is 4.64 Å². The maximum atomic E-state index is 12.0. The molecule has 2 aromatic rings. The van der Waals surface area contributed by atoms with Gasteiger partial charge in [-0.3, -0.25) is 4.79 Å². The third-order valence-corrected chi connectivity index (χ3v) is 3.34. The lowest BCUT2D eigenvalue weighted by Gasteiger charge is -2.13. The van der Waals surface area contributed by atoms with E-state index >= 15 is 0 Å². The van der Waals surface area contributed by atoms with Crippen molar-refractivity contribution >= 4 is 18.1 Å². The van der Waals surface area contributed by atoms with Crippen LogP contribution in [0.2, 0.25) is 0 Å². The molecule has 0 saturated heterocycles. The van der Waals surface area contributed by atoms with Crippen LogP contribution >= 0.6 is 12.2 Å². The number of hydrogen-bond acceptors (Lipinski definition) is 2. The van der Waals surface area contributed by atoms with Crippen molar-refractivity contribution in [3.8, 4) is 0 Å². The van der Waals surface area contributed by atoms with Gasteiger partial charge in [0.25, 0.3) is 5.91 Å². The first-order valence-corrected chi connectivity index (χ1v) is 6.60. The zero-order valence-electron chi connectivity index (χ0n) is 10.7. The maximum Gasteiger partial charge on any atom is 0.254 e. The Morgan fingerprint density at radius 2 is 2.00 bits per heavy atom. The van der Waals surface area contributed by atoms with Gasteiger partial charge in [0.05, 0.1) is 5.56 Å². The molecule has 1 aromatic heterocycles. The fraction of sp³-hybridized carbons (Fsp3) is 0.200. The van der Waals surface area contributed by atoms with E-state index in [0.29, 0.717) is 16.7 Å². The Kier molecular flexibility index (Phi) is 4.47. The Labute approximate surface area is 117 Å². The minimum atomic E-state index is -0.135. The third kappa shape index (κ3) is 3.51. The van der Waals surface area contributed by atoms with Gasteiger partial charge >= 0.3 is 0 Å². The van der Waals surface area contributed by atoms with Gasteiger partial charge in [0.2, 0.25) is 0 Å². The predicted molar refractivity (Wildman–Crippen MR) is 78.8 cm³/mol. The van der Waals surface area contributed by atoms with E-state index in [4.69, 9.17) is 12.2 Å². The number of pyridine rings is 1. The number of H-pyrrole nitrogens is 1. The van der Waals surface area contributed by atoms with Gasteiger partial charge in [-0.1, -0.05) is 49.5 Å². The fourth-order valence-corrected chi connectivity index (χ4v) is 2.07. The van der Waals surface area contributed by atoms with E-state index < -0.39 is 0 Å². The summed E-state index contributed by atoms with van der Waals surface area (Å²) >= 11 is 5.09. The molecule has 0 spiro atoms. The smallest absolute Gasteiger partial charge is 0.254 e. The molecule has 0 fully saturated rings. The van der Waals surface area contributed by atoms with E-state index in [2.05, 4.69) is 29.4 Å². The predicted octanol–water partition coefficient (Wildman–Crippen LogP) is 3.28. The summed E-state index contributed by atoms with van der Waals surface area (Å²) in [6, 6.07) is 13.6. The van der Waals surface area contributed by atoms with E-state index in [-0.39, 0.29) is 11.8 Å². The Hall–Kier alpha value is -1.94. The summed E-state index contributed by atoms with van der Waals surface area (Å²) in [6.45, 7) is 2.67. The van der Waals surface area contributed by atoms with Gasteiger partial charge in [-0.2, -0.15) is 0 Å². The molecule has 3 nitrogen and oxygen atoms in total. The number of hydrogen-bond donors (Lipinski definition) is 2. The lowest BCUT2D eigenvalue weighted by atomic mass is 10.0. The lowest BCUT2D eigenvalue weighted by Crippen LogP contribution is -2.27. The van der Waals surface area contributed by atoms with Gasteiger partial charge in [0.15, 0.2) is 0 Å². The molecule has 1 unspecified atom stereocenters. The molecule has 0 aliphatic carbocycles. The highest BCUT2D eigenvalue weighted by atomic mass is 32.1. The maximum absolute atomic E-state index is 12.0. The number of carbonyl (C=O) groups is 1. The number of aromatic nitrogens is 1. The monoisotopic (exact) mass is 272 g/mol. The van der Waals surface area contributed by atoms with Crippen molar-refractivity contribution in [2.24, 2.45) is 0 Å². The first kappa shape index (κ1) is 13.5. The highest BCUT2D eigenvalue weighted by Gasteiger charge is 2.10. The summed E-state index contributed by atoms with van der Waals surface area (Å²) in [6.07, 6.45) is 1.71. The van der Waals surface area contributed by atoms with Crippen LogP contribution in [0.25, 0.3) is 0 Å². The van der Waals surface area contributed by atoms with Crippen LogP contribution in [-0.2, 0) is 0 Å². The van der Waals surface area contributed by atoms with Crippen LogP contribution < -0.4 is 5.32 Å². The Morgan fingerprint density at radius 1 is 1.26 bits per heavy atom. The first-order chi connectivity index (χ1) is 9.18. The third-order valence-electron chi connectivity index (χ3n) is 3.00. The first-order valence-electron chi connectivity index (χ1n) is 6.19. The molecule has 4 heteroatoms. The van der Waals surface area contributed by atoms with Gasteiger partial charge in [-0.25, -0.2) is 0 Å². The Bertz CT molecular complexity index is 607. The molecule has 1 aromatic carbocycles. The van der Waals surface area contributed by atoms with Gasteiger partial charge in [-0.15, -0.1) is 0 Å². The number of rotatable bonds is 4. The number of aromatic amines is 1. The number of benzene rings is 1. The molecule has 0 aliphatic rings. The Balaban J connectivity index is 1.98. The average Bonchev–Trinajstić information content (AvgIpc) is 2.46. The van der Waals surface area contributed by atoms with Crippen molar-refractivity contribution in [2.75, 3.05) is 6.54 Å². The van der Waals surface area contributed by atoms with Crippen LogP contribution in [0.15, 0.2) is 48.7 Å². The van der Waals surface area contributed by atoms with Crippen molar-refractivity contribution in [3.05, 3.63) is 64.4 Å². The Morgan fingerprint density at radius 3 is 2.68 bits per heavy atom. The van der Waals surface area contributed by atoms with Crippen molar-refractivity contribution in [1.29, 1.82) is 0 Å². The number of nitrogens with one attached hydrogen (secondary N) is 2. The fourth-order valence-electron chi connectivity index (χ4n) is 1.84. The second kappa shape index (κ2) is 6.29. The second-order valence-electron chi connectivity index (χ2n) is 4.43. The largest absolute Gasteiger partial charge is 0.352 e. The molecule has 98 valence electrons. The normalized spacial score (nSPS) is 11.8. The van der Waals surface area contributed by atoms with E-state index in [0.717, 1.165) is 0 Å². The van der Waals surface area contributed by atoms with Crippen LogP contribution in [0, 0.1) is 4.64 Å². The average molecular weight is 272 g/mol. The highest BCUT2D eigenvalue weighted by Crippen LogP contribution is 2.13. The molecule has 1 atom stereocenters. The summed E-state index contributed by atoms with van der Waals surface area (Å²) in [4.78, 5) is 14.9. The minimum Gasteiger partial charge on any atom is -0.352 e. The minimum absolute atomic E-state index is 0.135. The van der Waals surface area contributed by atoms with Crippen LogP contribution in [0.4, 0.5) is 0 Å². The molecule has 0 aliphatic heterocycles. The molecule has 0 radical (unpaired) electrons. The summed E-state index contributed by atoms with van der Waals surface area (Å²) in [5.41, 5.74) is 1.72. The van der Waals surface area contributed by atoms with Crippen LogP contribution in [-0.4, -0.2) is 17.4 Å². The van der Waals surface area contributed by atoms with Crippen molar-refractivity contribution < 1.29 is 4.79 Å².